The molecule has 0 amide bonds. The summed E-state index contributed by atoms with van der Waals surface area (Å²) < 4.78 is 37.8. The summed E-state index contributed by atoms with van der Waals surface area (Å²) in [6.07, 6.45) is 3.23. The van der Waals surface area contributed by atoms with Gasteiger partial charge in [0.1, 0.15) is 16.4 Å². The van der Waals surface area contributed by atoms with Crippen LogP contribution in [0.25, 0.3) is 0 Å². The van der Waals surface area contributed by atoms with Gasteiger partial charge in [0.2, 0.25) is 10.0 Å². The van der Waals surface area contributed by atoms with Crippen LogP contribution >= 0.6 is 0 Å². The number of benzene rings is 1. The Morgan fingerprint density at radius 3 is 2.33 bits per heavy atom. The summed E-state index contributed by atoms with van der Waals surface area (Å²) >= 11 is 0. The second kappa shape index (κ2) is 5.73. The molecule has 2 rings (SSSR count). The van der Waals surface area contributed by atoms with Crippen molar-refractivity contribution in [1.29, 1.82) is 0 Å². The van der Waals surface area contributed by atoms with Crippen LogP contribution in [0.1, 0.15) is 26.2 Å². The zero-order chi connectivity index (χ0) is 15.7. The molecule has 0 unspecified atom stereocenters. The van der Waals surface area contributed by atoms with Gasteiger partial charge in [-0.25, -0.2) is 13.1 Å². The molecule has 0 heterocycles. The van der Waals surface area contributed by atoms with E-state index in [2.05, 4.69) is 11.6 Å². The fraction of sp³-hybridized carbons (Fsp3) is 0.571. The molecule has 0 aliphatic heterocycles. The van der Waals surface area contributed by atoms with Crippen LogP contribution in [0.15, 0.2) is 17.0 Å². The lowest BCUT2D eigenvalue weighted by Crippen LogP contribution is -2.40. The first-order valence-corrected chi connectivity index (χ1v) is 8.31. The van der Waals surface area contributed by atoms with Gasteiger partial charge in [0.15, 0.2) is 0 Å². The third kappa shape index (κ3) is 3.24. The number of nitrogens with two attached hydrogens (primary N) is 1. The molecule has 3 N–H and O–H groups in total. The van der Waals surface area contributed by atoms with E-state index in [4.69, 9.17) is 15.2 Å². The normalized spacial score (nSPS) is 17.1. The molecule has 7 heteroatoms. The lowest BCUT2D eigenvalue weighted by Gasteiger charge is -2.38. The average molecular weight is 314 g/mol. The van der Waals surface area contributed by atoms with Crippen molar-refractivity contribution < 1.29 is 17.9 Å². The van der Waals surface area contributed by atoms with E-state index in [1.165, 1.54) is 26.4 Å². The van der Waals surface area contributed by atoms with Crippen LogP contribution in [0.2, 0.25) is 0 Å². The van der Waals surface area contributed by atoms with E-state index in [0.717, 1.165) is 19.3 Å². The van der Waals surface area contributed by atoms with Crippen molar-refractivity contribution in [2.24, 2.45) is 5.41 Å². The quantitative estimate of drug-likeness (QED) is 0.781. The molecule has 0 saturated heterocycles. The van der Waals surface area contributed by atoms with Crippen LogP contribution in [0.5, 0.6) is 11.5 Å². The Hall–Kier alpha value is -1.47. The lowest BCUT2D eigenvalue weighted by atomic mass is 9.71. The van der Waals surface area contributed by atoms with Gasteiger partial charge in [0, 0.05) is 12.6 Å². The molecule has 6 nitrogen and oxygen atoms in total. The van der Waals surface area contributed by atoms with Crippen molar-refractivity contribution in [2.75, 3.05) is 26.5 Å². The Morgan fingerprint density at radius 2 is 1.86 bits per heavy atom. The Bertz CT molecular complexity index is 624. The molecule has 1 saturated carbocycles. The topological polar surface area (TPSA) is 90.6 Å². The van der Waals surface area contributed by atoms with Gasteiger partial charge >= 0.3 is 0 Å². The van der Waals surface area contributed by atoms with Crippen molar-refractivity contribution in [3.05, 3.63) is 12.1 Å². The maximum Gasteiger partial charge on any atom is 0.244 e. The lowest BCUT2D eigenvalue weighted by molar-refractivity contribution is 0.166. The summed E-state index contributed by atoms with van der Waals surface area (Å²) in [6.45, 7) is 2.50. The number of rotatable bonds is 6. The zero-order valence-electron chi connectivity index (χ0n) is 12.6. The first kappa shape index (κ1) is 15.9. The number of sulfonamides is 1. The van der Waals surface area contributed by atoms with Gasteiger partial charge in [-0.1, -0.05) is 13.3 Å². The Labute approximate surface area is 125 Å². The van der Waals surface area contributed by atoms with E-state index < -0.39 is 10.0 Å². The van der Waals surface area contributed by atoms with E-state index >= 15 is 0 Å². The molecule has 118 valence electrons. The number of methoxy groups -OCH3 is 2. The largest absolute Gasteiger partial charge is 0.495 e. The number of nitrogen functional groups attached to an aromatic ring is 1. The molecule has 1 aromatic carbocycles. The Kier molecular flexibility index (Phi) is 4.34. The third-order valence-corrected chi connectivity index (χ3v) is 5.48. The summed E-state index contributed by atoms with van der Waals surface area (Å²) in [5.41, 5.74) is 6.11. The van der Waals surface area contributed by atoms with Crippen molar-refractivity contribution in [1.82, 2.24) is 4.72 Å². The standard InChI is InChI=1S/C14H22N2O4S/c1-14(5-4-6-14)9-16-21(17,18)13-7-10(15)11(19-2)8-12(13)20-3/h7-8,16H,4-6,9,15H2,1-3H3. The van der Waals surface area contributed by atoms with Crippen LogP contribution in [0.3, 0.4) is 0 Å². The fourth-order valence-corrected chi connectivity index (χ4v) is 3.79. The molecule has 0 aromatic heterocycles. The summed E-state index contributed by atoms with van der Waals surface area (Å²) in [5.74, 6) is 0.601. The fourth-order valence-electron chi connectivity index (χ4n) is 2.41. The van der Waals surface area contributed by atoms with Crippen LogP contribution < -0.4 is 19.9 Å². The minimum absolute atomic E-state index is 0.0335. The van der Waals surface area contributed by atoms with Crippen molar-refractivity contribution in [3.8, 4) is 11.5 Å². The molecule has 0 atom stereocenters. The first-order chi connectivity index (χ1) is 9.81. The molecular formula is C14H22N2O4S. The van der Waals surface area contributed by atoms with Crippen LogP contribution in [-0.2, 0) is 10.0 Å². The molecule has 1 aliphatic carbocycles. The highest BCUT2D eigenvalue weighted by Crippen LogP contribution is 2.40. The second-order valence-electron chi connectivity index (χ2n) is 5.73. The van der Waals surface area contributed by atoms with Gasteiger partial charge in [-0.15, -0.1) is 0 Å². The SMILES string of the molecule is COc1cc(OC)c(S(=O)(=O)NCC2(C)CCC2)cc1N. The highest BCUT2D eigenvalue weighted by molar-refractivity contribution is 7.89. The minimum Gasteiger partial charge on any atom is -0.495 e. The molecular weight excluding hydrogens is 292 g/mol. The van der Waals surface area contributed by atoms with Gasteiger partial charge < -0.3 is 15.2 Å². The monoisotopic (exact) mass is 314 g/mol. The Balaban J connectivity index is 2.28. The van der Waals surface area contributed by atoms with Crippen LogP contribution in [0.4, 0.5) is 5.69 Å². The summed E-state index contributed by atoms with van der Waals surface area (Å²) in [4.78, 5) is 0.0335. The van der Waals surface area contributed by atoms with Crippen molar-refractivity contribution >= 4 is 15.7 Å². The molecule has 1 aliphatic rings. The van der Waals surface area contributed by atoms with Gasteiger partial charge in [-0.2, -0.15) is 0 Å². The third-order valence-electron chi connectivity index (χ3n) is 4.06. The van der Waals surface area contributed by atoms with Gasteiger partial charge in [-0.3, -0.25) is 0 Å². The molecule has 0 spiro atoms. The molecule has 21 heavy (non-hydrogen) atoms. The van der Waals surface area contributed by atoms with Crippen molar-refractivity contribution in [2.45, 2.75) is 31.1 Å². The molecule has 0 bridgehead atoms. The predicted octanol–water partition coefficient (Wildman–Crippen LogP) is 1.75. The minimum atomic E-state index is -3.67. The maximum atomic E-state index is 12.5. The van der Waals surface area contributed by atoms with Crippen molar-refractivity contribution in [3.63, 3.8) is 0 Å². The smallest absolute Gasteiger partial charge is 0.244 e. The summed E-state index contributed by atoms with van der Waals surface area (Å²) in [5, 5.41) is 0. The number of anilines is 1. The van der Waals surface area contributed by atoms with Crippen LogP contribution in [-0.4, -0.2) is 29.2 Å². The van der Waals surface area contributed by atoms with Gasteiger partial charge in [-0.05, 0) is 24.3 Å². The number of nitrogens with one attached hydrogen (secondary N) is 1. The maximum absolute atomic E-state index is 12.5. The van der Waals surface area contributed by atoms with E-state index in [9.17, 15) is 8.42 Å². The van der Waals surface area contributed by atoms with Crippen LogP contribution in [0, 0.1) is 5.41 Å². The van der Waals surface area contributed by atoms with Gasteiger partial charge in [0.25, 0.3) is 0 Å². The molecule has 1 fully saturated rings. The highest BCUT2D eigenvalue weighted by Gasteiger charge is 2.33. The average Bonchev–Trinajstić information content (AvgIpc) is 2.43. The molecule has 1 aromatic rings. The first-order valence-electron chi connectivity index (χ1n) is 6.82. The predicted molar refractivity (Wildman–Crippen MR) is 81.1 cm³/mol. The van der Waals surface area contributed by atoms with Gasteiger partial charge in [0.05, 0.1) is 19.9 Å². The summed E-state index contributed by atoms with van der Waals surface area (Å²) in [7, 11) is -0.789. The number of hydrogen-bond donors (Lipinski definition) is 2. The number of hydrogen-bond acceptors (Lipinski definition) is 5. The number of ether oxygens (including phenoxy) is 2. The zero-order valence-corrected chi connectivity index (χ0v) is 13.4. The summed E-state index contributed by atoms with van der Waals surface area (Å²) in [6, 6.07) is 2.85. The molecule has 0 radical (unpaired) electrons. The van der Waals surface area contributed by atoms with E-state index in [1.807, 2.05) is 0 Å². The Morgan fingerprint density at radius 1 is 1.24 bits per heavy atom. The van der Waals surface area contributed by atoms with E-state index in [-0.39, 0.29) is 21.7 Å². The van der Waals surface area contributed by atoms with E-state index in [1.54, 1.807) is 0 Å². The second-order valence-corrected chi connectivity index (χ2v) is 7.47. The van der Waals surface area contributed by atoms with E-state index in [0.29, 0.717) is 12.3 Å². The highest BCUT2D eigenvalue weighted by atomic mass is 32.2.